The van der Waals surface area contributed by atoms with Gasteiger partial charge in [-0.25, -0.2) is 16.8 Å². The number of hydrogen-bond acceptors (Lipinski definition) is 17. The van der Waals surface area contributed by atoms with Gasteiger partial charge in [0.2, 0.25) is 0 Å². The molecule has 17 nitrogen and oxygen atoms in total. The predicted octanol–water partition coefficient (Wildman–Crippen LogP) is 14.0. The SMILES string of the molecule is C.C.CC(=O)OC(C)CCS(=O)(=O)CC(=O)c1ccc(N2C[C@@H]3C[C@H]2C[C@H]3OCc2c(-c3c(Cl)cccc3Cl)noc2C2CC2)cc1.CC(O)CCS(=O)(=O)CC(=O)c1ccc(N2C[C@@H]3C[C@H]2C[C@H]3OCc2c(-c3c(Cl)cccc3Cl)noc2C2CC2)cc1. The number of ether oxygens (including phenoxy) is 3. The largest absolute Gasteiger partial charge is 0.463 e. The molecule has 4 heterocycles. The first-order valence-electron chi connectivity index (χ1n) is 29.7. The Balaban J connectivity index is 0.000000207. The van der Waals surface area contributed by atoms with E-state index < -0.39 is 60.9 Å². The van der Waals surface area contributed by atoms with Gasteiger partial charge in [-0.05, 0) is 151 Å². The van der Waals surface area contributed by atoms with E-state index in [0.29, 0.717) is 103 Å². The molecule has 2 saturated heterocycles. The van der Waals surface area contributed by atoms with Crippen LogP contribution in [0.4, 0.5) is 11.4 Å². The second-order valence-electron chi connectivity index (χ2n) is 24.2. The molecular formula is C66H78Cl4N4O13S2. The van der Waals surface area contributed by atoms with Gasteiger partial charge in [-0.3, -0.25) is 14.4 Å². The van der Waals surface area contributed by atoms with Crippen LogP contribution in [0.5, 0.6) is 0 Å². The number of anilines is 2. The molecule has 4 aromatic carbocycles. The molecule has 12 rings (SSSR count). The van der Waals surface area contributed by atoms with E-state index in [1.165, 1.54) is 13.8 Å². The van der Waals surface area contributed by atoms with E-state index in [1.54, 1.807) is 55.5 Å². The van der Waals surface area contributed by atoms with E-state index in [9.17, 15) is 36.3 Å². The van der Waals surface area contributed by atoms with Crippen LogP contribution in [0, 0.1) is 11.8 Å². The standard InChI is InChI=1S/C33H36Cl2N2O7S.C31H34Cl2N2O6S.2CH4/c1-19(43-20(2)38)12-13-45(40,41)18-29(39)21-8-10-24(11-9-21)37-16-23-14-25(37)15-30(23)42-17-26-32(36-44-33(26)22-6-7-22)31-27(34)4-3-5-28(31)35;1-18(36)11-12-42(38,39)17-27(37)19-7-9-22(10-8-19)35-15-21-13-23(35)14-28(21)40-16-24-30(34-41-31(24)20-5-6-20)29-25(32)3-2-4-26(29)33;;/h3-5,8-11,19,22-23,25,30H,6-7,12-18H2,1-2H3;2-4,7-10,18,20-21,23,28,36H,5-6,11-17H2,1H3;2*1H4/t19?,23-,25-,30+;18?,21-,23-,28+;;/m00../s1. The van der Waals surface area contributed by atoms with Crippen molar-refractivity contribution in [1.29, 1.82) is 0 Å². The van der Waals surface area contributed by atoms with Gasteiger partial charge in [0.25, 0.3) is 0 Å². The fourth-order valence-electron chi connectivity index (χ4n) is 12.8. The second-order valence-corrected chi connectivity index (χ2v) is 30.2. The Hall–Kier alpha value is -5.35. The number of Topliss-reactive ketones (excluding diaryl/α,β-unsaturated/α-hetero) is 2. The monoisotopic (exact) mass is 1340 g/mol. The summed E-state index contributed by atoms with van der Waals surface area (Å²) in [4.78, 5) is 41.1. The highest BCUT2D eigenvalue weighted by Gasteiger charge is 2.47. The Labute approximate surface area is 541 Å². The van der Waals surface area contributed by atoms with Gasteiger partial charge in [-0.1, -0.05) is 83.7 Å². The minimum Gasteiger partial charge on any atom is -0.463 e. The molecule has 2 aromatic heterocycles. The maximum atomic E-state index is 12.8. The number of rotatable bonds is 25. The van der Waals surface area contributed by atoms with E-state index in [0.717, 1.165) is 98.5 Å². The van der Waals surface area contributed by atoms with Crippen LogP contribution in [0.1, 0.15) is 155 Å². The smallest absolute Gasteiger partial charge is 0.302 e. The number of aliphatic hydroxyl groups is 1. The van der Waals surface area contributed by atoms with E-state index in [-0.39, 0.29) is 51.4 Å². The molecule has 2 unspecified atom stereocenters. The lowest BCUT2D eigenvalue weighted by atomic mass is 10.0. The summed E-state index contributed by atoms with van der Waals surface area (Å²) >= 11 is 26.0. The van der Waals surface area contributed by atoms with Crippen LogP contribution in [-0.2, 0) is 51.9 Å². The first-order valence-corrected chi connectivity index (χ1v) is 34.9. The van der Waals surface area contributed by atoms with Gasteiger partial charge in [0.15, 0.2) is 31.2 Å². The van der Waals surface area contributed by atoms with Crippen molar-refractivity contribution in [2.45, 2.75) is 161 Å². The summed E-state index contributed by atoms with van der Waals surface area (Å²) in [5, 5.41) is 20.2. The highest BCUT2D eigenvalue weighted by atomic mass is 35.5. The Kier molecular flexibility index (Phi) is 21.9. The zero-order valence-electron chi connectivity index (χ0n) is 48.5. The van der Waals surface area contributed by atoms with E-state index in [2.05, 4.69) is 20.1 Å². The minimum absolute atomic E-state index is 0. The van der Waals surface area contributed by atoms with Crippen LogP contribution in [0.2, 0.25) is 20.1 Å². The van der Waals surface area contributed by atoms with Gasteiger partial charge in [-0.2, -0.15) is 0 Å². The fraction of sp³-hybridized carbons (Fsp3) is 0.500. The first kappa shape index (κ1) is 68.0. The van der Waals surface area contributed by atoms with Gasteiger partial charge in [-0.15, -0.1) is 0 Å². The number of aliphatic hydroxyl groups excluding tert-OH is 1. The second kappa shape index (κ2) is 28.7. The Morgan fingerprint density at radius 1 is 0.596 bits per heavy atom. The number of nitrogens with zero attached hydrogens (tertiary/aromatic N) is 4. The molecule has 89 heavy (non-hydrogen) atoms. The Bertz CT molecular complexity index is 3700. The molecule has 8 atom stereocenters. The van der Waals surface area contributed by atoms with E-state index in [1.807, 2.05) is 36.4 Å². The lowest BCUT2D eigenvalue weighted by Crippen LogP contribution is -2.38. The molecular weight excluding hydrogens is 1260 g/mol. The lowest BCUT2D eigenvalue weighted by Gasteiger charge is -2.33. The normalized spacial score (nSPS) is 21.6. The number of esters is 1. The van der Waals surface area contributed by atoms with Crippen molar-refractivity contribution in [2.75, 3.05) is 45.9 Å². The van der Waals surface area contributed by atoms with Crippen LogP contribution in [0.25, 0.3) is 22.5 Å². The summed E-state index contributed by atoms with van der Waals surface area (Å²) in [6, 6.07) is 25.8. The van der Waals surface area contributed by atoms with E-state index >= 15 is 0 Å². The average Bonchev–Trinajstić information content (AvgIpc) is 1.96. The van der Waals surface area contributed by atoms with Gasteiger partial charge in [0.05, 0.1) is 69.2 Å². The maximum Gasteiger partial charge on any atom is 0.302 e. The number of piperidine rings is 2. The molecule has 23 heteroatoms. The van der Waals surface area contributed by atoms with E-state index in [4.69, 9.17) is 69.7 Å². The van der Waals surface area contributed by atoms with Gasteiger partial charge < -0.3 is 38.2 Å². The number of fused-ring (bicyclic) bond motifs is 4. The first-order chi connectivity index (χ1) is 41.6. The van der Waals surface area contributed by atoms with Crippen molar-refractivity contribution in [3.05, 3.63) is 139 Å². The number of ketones is 2. The summed E-state index contributed by atoms with van der Waals surface area (Å²) in [5.41, 5.74) is 7.25. The van der Waals surface area contributed by atoms with Crippen LogP contribution >= 0.6 is 46.4 Å². The highest BCUT2D eigenvalue weighted by molar-refractivity contribution is 7.92. The van der Waals surface area contributed by atoms with Crippen molar-refractivity contribution in [3.8, 4) is 22.5 Å². The summed E-state index contributed by atoms with van der Waals surface area (Å²) in [7, 11) is -7.20. The zero-order chi connectivity index (χ0) is 61.5. The summed E-state index contributed by atoms with van der Waals surface area (Å²) in [6.45, 7) is 6.88. The highest BCUT2D eigenvalue weighted by Crippen LogP contribution is 2.50. The fourth-order valence-corrected chi connectivity index (χ4v) is 16.7. The number of halogens is 4. The molecule has 0 radical (unpaired) electrons. The lowest BCUT2D eigenvalue weighted by molar-refractivity contribution is -0.145. The molecule has 0 spiro atoms. The van der Waals surface area contributed by atoms with Gasteiger partial charge in [0.1, 0.15) is 34.4 Å². The van der Waals surface area contributed by atoms with Crippen LogP contribution in [-0.4, -0.2) is 122 Å². The molecule has 6 fully saturated rings. The molecule has 4 aliphatic carbocycles. The van der Waals surface area contributed by atoms with Crippen molar-refractivity contribution in [3.63, 3.8) is 0 Å². The van der Waals surface area contributed by atoms with Gasteiger partial charge >= 0.3 is 5.97 Å². The topological polar surface area (TPSA) is 226 Å². The number of benzene rings is 4. The van der Waals surface area contributed by atoms with Crippen molar-refractivity contribution >= 4 is 95.0 Å². The quantitative estimate of drug-likeness (QED) is 0.0415. The number of hydrogen-bond donors (Lipinski definition) is 1. The number of sulfone groups is 2. The predicted molar refractivity (Wildman–Crippen MR) is 347 cm³/mol. The van der Waals surface area contributed by atoms with Gasteiger partial charge in [0, 0.05) is 101 Å². The number of carbonyl (C=O) groups is 3. The molecule has 480 valence electrons. The summed E-state index contributed by atoms with van der Waals surface area (Å²) in [6.07, 6.45) is 7.30. The molecule has 4 saturated carbocycles. The Morgan fingerprint density at radius 2 is 0.978 bits per heavy atom. The zero-order valence-corrected chi connectivity index (χ0v) is 53.2. The molecule has 6 aromatic rings. The molecule has 2 aliphatic heterocycles. The van der Waals surface area contributed by atoms with Crippen LogP contribution < -0.4 is 9.80 Å². The summed E-state index contributed by atoms with van der Waals surface area (Å²) < 4.78 is 79.1. The molecule has 1 N–H and O–H groups in total. The molecule has 0 amide bonds. The average molecular weight is 1340 g/mol. The Morgan fingerprint density at radius 3 is 1.31 bits per heavy atom. The third-order valence-electron chi connectivity index (χ3n) is 17.6. The van der Waals surface area contributed by atoms with Crippen molar-refractivity contribution < 1.29 is 59.6 Å². The third kappa shape index (κ3) is 16.1. The molecule has 6 aliphatic rings. The minimum atomic E-state index is -3.64. The van der Waals surface area contributed by atoms with Crippen LogP contribution in [0.3, 0.4) is 0 Å². The van der Waals surface area contributed by atoms with Crippen molar-refractivity contribution in [1.82, 2.24) is 10.3 Å². The molecule has 4 bridgehead atoms. The van der Waals surface area contributed by atoms with Crippen LogP contribution in [0.15, 0.2) is 94.0 Å². The number of carbonyl (C=O) groups excluding carboxylic acids is 3. The summed E-state index contributed by atoms with van der Waals surface area (Å²) in [5.74, 6) is 0.275. The third-order valence-corrected chi connectivity index (χ3v) is 21.9. The maximum absolute atomic E-state index is 12.8. The number of aromatic nitrogens is 2. The van der Waals surface area contributed by atoms with Crippen molar-refractivity contribution in [2.24, 2.45) is 11.8 Å².